The molecular weight excluding hydrogens is 304 g/mol. The van der Waals surface area contributed by atoms with Crippen molar-refractivity contribution in [3.63, 3.8) is 0 Å². The molecular formula is C24H34O. The Bertz CT molecular complexity index is 578. The van der Waals surface area contributed by atoms with Crippen LogP contribution in [0.2, 0.25) is 0 Å². The highest BCUT2D eigenvalue weighted by Gasteiger charge is 2.36. The predicted octanol–water partition coefficient (Wildman–Crippen LogP) is 7.08. The summed E-state index contributed by atoms with van der Waals surface area (Å²) in [6.45, 7) is 4.52. The molecule has 2 aromatic carbocycles. The van der Waals surface area contributed by atoms with Crippen molar-refractivity contribution in [1.29, 1.82) is 0 Å². The fourth-order valence-corrected chi connectivity index (χ4v) is 3.80. The molecule has 0 aliphatic rings. The fourth-order valence-electron chi connectivity index (χ4n) is 3.80. The minimum Gasteiger partial charge on any atom is -0.373 e. The number of hydrogen-bond donors (Lipinski definition) is 0. The molecule has 136 valence electrons. The van der Waals surface area contributed by atoms with E-state index in [-0.39, 0.29) is 5.60 Å². The lowest BCUT2D eigenvalue weighted by atomic mass is 9.75. The van der Waals surface area contributed by atoms with Gasteiger partial charge in [0.15, 0.2) is 0 Å². The molecule has 0 heterocycles. The quantitative estimate of drug-likeness (QED) is 0.398. The minimum absolute atomic E-state index is 0.300. The lowest BCUT2D eigenvalue weighted by Gasteiger charge is -2.38. The molecule has 0 radical (unpaired) electrons. The Kier molecular flexibility index (Phi) is 8.21. The van der Waals surface area contributed by atoms with Gasteiger partial charge < -0.3 is 4.74 Å². The summed E-state index contributed by atoms with van der Waals surface area (Å²) in [5, 5.41) is 0. The maximum Gasteiger partial charge on any atom is 0.0967 e. The van der Waals surface area contributed by atoms with Crippen molar-refractivity contribution in [3.05, 3.63) is 71.8 Å². The summed E-state index contributed by atoms with van der Waals surface area (Å²) in [5.74, 6) is 0.368. The van der Waals surface area contributed by atoms with Crippen molar-refractivity contribution in [1.82, 2.24) is 0 Å². The van der Waals surface area contributed by atoms with Crippen LogP contribution in [0, 0.1) is 0 Å². The van der Waals surface area contributed by atoms with Gasteiger partial charge in [-0.3, -0.25) is 0 Å². The van der Waals surface area contributed by atoms with Crippen molar-refractivity contribution in [3.8, 4) is 0 Å². The van der Waals surface area contributed by atoms with Gasteiger partial charge in [0.05, 0.1) is 5.60 Å². The molecule has 2 unspecified atom stereocenters. The molecule has 0 aliphatic carbocycles. The topological polar surface area (TPSA) is 9.23 Å². The van der Waals surface area contributed by atoms with Gasteiger partial charge in [-0.15, -0.1) is 0 Å². The van der Waals surface area contributed by atoms with Crippen molar-refractivity contribution < 1.29 is 4.74 Å². The van der Waals surface area contributed by atoms with E-state index in [1.165, 1.54) is 49.7 Å². The summed E-state index contributed by atoms with van der Waals surface area (Å²) < 4.78 is 6.14. The zero-order valence-electron chi connectivity index (χ0n) is 16.2. The van der Waals surface area contributed by atoms with Crippen LogP contribution in [0.1, 0.15) is 75.8 Å². The van der Waals surface area contributed by atoms with Gasteiger partial charge in [-0.25, -0.2) is 0 Å². The lowest BCUT2D eigenvalue weighted by Crippen LogP contribution is -2.32. The molecule has 0 N–H and O–H groups in total. The van der Waals surface area contributed by atoms with E-state index in [1.807, 2.05) is 7.11 Å². The number of unbranched alkanes of at least 4 members (excludes halogenated alkanes) is 5. The van der Waals surface area contributed by atoms with Crippen LogP contribution < -0.4 is 0 Å². The smallest absolute Gasteiger partial charge is 0.0967 e. The molecule has 2 atom stereocenters. The van der Waals surface area contributed by atoms with Crippen LogP contribution in [-0.4, -0.2) is 7.11 Å². The van der Waals surface area contributed by atoms with Gasteiger partial charge >= 0.3 is 0 Å². The zero-order chi connectivity index (χ0) is 18.0. The van der Waals surface area contributed by atoms with E-state index in [0.717, 1.165) is 6.42 Å². The first-order valence-corrected chi connectivity index (χ1v) is 9.88. The molecule has 0 saturated carbocycles. The Morgan fingerprint density at radius 1 is 0.800 bits per heavy atom. The normalized spacial score (nSPS) is 14.8. The molecule has 0 aliphatic heterocycles. The van der Waals surface area contributed by atoms with Crippen LogP contribution in [0.3, 0.4) is 0 Å². The van der Waals surface area contributed by atoms with E-state index in [1.54, 1.807) is 0 Å². The van der Waals surface area contributed by atoms with E-state index in [0.29, 0.717) is 5.92 Å². The zero-order valence-corrected chi connectivity index (χ0v) is 16.2. The van der Waals surface area contributed by atoms with Gasteiger partial charge in [-0.1, -0.05) is 106 Å². The van der Waals surface area contributed by atoms with Gasteiger partial charge in [0.1, 0.15) is 0 Å². The van der Waals surface area contributed by atoms with Crippen LogP contribution >= 0.6 is 0 Å². The van der Waals surface area contributed by atoms with Crippen LogP contribution in [0.15, 0.2) is 60.7 Å². The minimum atomic E-state index is -0.300. The van der Waals surface area contributed by atoms with Crippen LogP contribution in [0.5, 0.6) is 0 Å². The number of benzene rings is 2. The largest absolute Gasteiger partial charge is 0.373 e. The Balaban J connectivity index is 2.16. The lowest BCUT2D eigenvalue weighted by molar-refractivity contribution is -0.0257. The van der Waals surface area contributed by atoms with Crippen molar-refractivity contribution in [2.75, 3.05) is 7.11 Å². The number of ether oxygens (including phenoxy) is 1. The molecule has 25 heavy (non-hydrogen) atoms. The predicted molar refractivity (Wildman–Crippen MR) is 108 cm³/mol. The first-order chi connectivity index (χ1) is 12.2. The first-order valence-electron chi connectivity index (χ1n) is 9.88. The standard InChI is InChI=1S/C24H34O/c1-4-5-6-7-8-15-20-23(21-16-11-9-12-17-21)24(2,25-3)22-18-13-10-14-19-22/h9-14,16-19,23H,4-8,15,20H2,1-3H3. The molecule has 0 bridgehead atoms. The summed E-state index contributed by atoms with van der Waals surface area (Å²) in [6.07, 6.45) is 9.13. The molecule has 1 nitrogen and oxygen atoms in total. The summed E-state index contributed by atoms with van der Waals surface area (Å²) in [4.78, 5) is 0. The van der Waals surface area contributed by atoms with Gasteiger partial charge in [-0.05, 0) is 24.5 Å². The molecule has 0 spiro atoms. The van der Waals surface area contributed by atoms with E-state index >= 15 is 0 Å². The third kappa shape index (κ3) is 5.44. The number of rotatable bonds is 11. The summed E-state index contributed by atoms with van der Waals surface area (Å²) in [7, 11) is 1.85. The third-order valence-corrected chi connectivity index (χ3v) is 5.48. The Labute approximate surface area is 154 Å². The summed E-state index contributed by atoms with van der Waals surface area (Å²) in [5.41, 5.74) is 2.34. The fraction of sp³-hybridized carbons (Fsp3) is 0.500. The van der Waals surface area contributed by atoms with Crippen LogP contribution in [-0.2, 0) is 10.3 Å². The highest BCUT2D eigenvalue weighted by molar-refractivity contribution is 5.31. The van der Waals surface area contributed by atoms with Crippen LogP contribution in [0.4, 0.5) is 0 Å². The van der Waals surface area contributed by atoms with Gasteiger partial charge in [-0.2, -0.15) is 0 Å². The second kappa shape index (κ2) is 10.4. The monoisotopic (exact) mass is 338 g/mol. The molecule has 0 aromatic heterocycles. The Hall–Kier alpha value is -1.60. The van der Waals surface area contributed by atoms with Gasteiger partial charge in [0, 0.05) is 13.0 Å². The Morgan fingerprint density at radius 2 is 1.36 bits per heavy atom. The maximum atomic E-state index is 6.14. The van der Waals surface area contributed by atoms with E-state index < -0.39 is 0 Å². The number of methoxy groups -OCH3 is 1. The highest BCUT2D eigenvalue weighted by atomic mass is 16.5. The molecule has 0 amide bonds. The van der Waals surface area contributed by atoms with Crippen molar-refractivity contribution in [2.24, 2.45) is 0 Å². The first kappa shape index (κ1) is 19.7. The van der Waals surface area contributed by atoms with Gasteiger partial charge in [0.25, 0.3) is 0 Å². The average molecular weight is 339 g/mol. The van der Waals surface area contributed by atoms with Crippen molar-refractivity contribution in [2.45, 2.75) is 70.3 Å². The Morgan fingerprint density at radius 3 is 1.96 bits per heavy atom. The second-order valence-corrected chi connectivity index (χ2v) is 7.20. The molecule has 2 aromatic rings. The SMILES string of the molecule is CCCCCCCCC(c1ccccc1)C(C)(OC)c1ccccc1. The third-order valence-electron chi connectivity index (χ3n) is 5.48. The molecule has 0 fully saturated rings. The summed E-state index contributed by atoms with van der Waals surface area (Å²) in [6, 6.07) is 21.6. The summed E-state index contributed by atoms with van der Waals surface area (Å²) >= 11 is 0. The maximum absolute atomic E-state index is 6.14. The number of hydrogen-bond acceptors (Lipinski definition) is 1. The van der Waals surface area contributed by atoms with Crippen LogP contribution in [0.25, 0.3) is 0 Å². The molecule has 0 saturated heterocycles. The molecule has 2 rings (SSSR count). The van der Waals surface area contributed by atoms with E-state index in [2.05, 4.69) is 74.5 Å². The molecule has 1 heteroatoms. The van der Waals surface area contributed by atoms with Crippen molar-refractivity contribution >= 4 is 0 Å². The average Bonchev–Trinajstić information content (AvgIpc) is 2.68. The second-order valence-electron chi connectivity index (χ2n) is 7.20. The highest BCUT2D eigenvalue weighted by Crippen LogP contribution is 2.42. The van der Waals surface area contributed by atoms with Gasteiger partial charge in [0.2, 0.25) is 0 Å². The van der Waals surface area contributed by atoms with E-state index in [9.17, 15) is 0 Å². The van der Waals surface area contributed by atoms with E-state index in [4.69, 9.17) is 4.74 Å².